The Morgan fingerprint density at radius 1 is 0.312 bits per heavy atom. The quantitative estimate of drug-likeness (QED) is 0.0199. The van der Waals surface area contributed by atoms with Crippen molar-refractivity contribution in [2.45, 2.75) is 252 Å². The molecule has 0 aliphatic carbocycles. The van der Waals surface area contributed by atoms with Gasteiger partial charge in [0.05, 0.1) is 0 Å². The van der Waals surface area contributed by atoms with Crippen molar-refractivity contribution in [3.63, 3.8) is 0 Å². The topological polar surface area (TPSA) is 78.9 Å². The lowest BCUT2D eigenvalue weighted by Gasteiger charge is -2.18. The first kappa shape index (κ1) is 60.6. The van der Waals surface area contributed by atoms with Gasteiger partial charge in [-0.15, -0.1) is 0 Å². The van der Waals surface area contributed by atoms with Crippen LogP contribution in [-0.4, -0.2) is 37.2 Å². The van der Waals surface area contributed by atoms with Crippen LogP contribution in [0.4, 0.5) is 0 Å². The highest BCUT2D eigenvalue weighted by Crippen LogP contribution is 2.13. The lowest BCUT2D eigenvalue weighted by Crippen LogP contribution is -2.30. The van der Waals surface area contributed by atoms with Crippen molar-refractivity contribution < 1.29 is 28.6 Å². The van der Waals surface area contributed by atoms with E-state index >= 15 is 0 Å². The molecule has 1 unspecified atom stereocenters. The number of hydrogen-bond donors (Lipinski definition) is 0. The van der Waals surface area contributed by atoms with E-state index in [0.29, 0.717) is 19.3 Å². The molecule has 0 rings (SSSR count). The zero-order valence-corrected chi connectivity index (χ0v) is 41.8. The Kier molecular flexibility index (Phi) is 49.4. The lowest BCUT2D eigenvalue weighted by molar-refractivity contribution is -0.167. The zero-order valence-electron chi connectivity index (χ0n) is 41.8. The van der Waals surface area contributed by atoms with Gasteiger partial charge in [-0.25, -0.2) is 0 Å². The Balaban J connectivity index is 4.44. The van der Waals surface area contributed by atoms with Crippen LogP contribution in [0, 0.1) is 0 Å². The molecule has 0 amide bonds. The fourth-order valence-electron chi connectivity index (χ4n) is 7.13. The van der Waals surface area contributed by atoms with Crippen LogP contribution in [0.2, 0.25) is 0 Å². The second-order valence-electron chi connectivity index (χ2n) is 17.5. The molecule has 64 heavy (non-hydrogen) atoms. The van der Waals surface area contributed by atoms with E-state index in [4.69, 9.17) is 14.2 Å². The molecule has 0 aromatic carbocycles. The van der Waals surface area contributed by atoms with Crippen molar-refractivity contribution in [2.75, 3.05) is 13.2 Å². The summed E-state index contributed by atoms with van der Waals surface area (Å²) in [5.74, 6) is -0.949. The van der Waals surface area contributed by atoms with E-state index in [1.54, 1.807) is 0 Å². The number of hydrogen-bond acceptors (Lipinski definition) is 6. The van der Waals surface area contributed by atoms with E-state index in [9.17, 15) is 14.4 Å². The number of allylic oxidation sites excluding steroid dienone is 14. The number of unbranched alkanes of at least 4 members (excludes halogenated alkanes) is 26. The lowest BCUT2D eigenvalue weighted by atomic mass is 10.1. The molecule has 0 radical (unpaired) electrons. The Bertz CT molecular complexity index is 1250. The maximum absolute atomic E-state index is 12.8. The summed E-state index contributed by atoms with van der Waals surface area (Å²) in [6.45, 7) is 6.51. The standard InChI is InChI=1S/C58H98O6/c1-4-7-10-13-16-19-22-24-26-28-30-32-34-36-39-42-45-48-51-57(60)63-54-55(53-62-56(59)50-47-44-41-38-21-18-15-12-9-6-3)64-58(61)52-49-46-43-40-37-35-33-31-29-27-25-23-20-17-14-11-8-5-2/h15-16,18-19,22,24,26-33,55H,4-14,17,20-21,23,25,34-54H2,1-3H3/b18-15-,19-16-,24-22-,28-26-,29-27-,32-30-,33-31-. The average Bonchev–Trinajstić information content (AvgIpc) is 3.29. The second kappa shape index (κ2) is 52.2. The highest BCUT2D eigenvalue weighted by atomic mass is 16.6. The summed E-state index contributed by atoms with van der Waals surface area (Å²) in [7, 11) is 0. The predicted molar refractivity (Wildman–Crippen MR) is 274 cm³/mol. The van der Waals surface area contributed by atoms with Gasteiger partial charge in [0.25, 0.3) is 0 Å². The van der Waals surface area contributed by atoms with Gasteiger partial charge in [0.1, 0.15) is 13.2 Å². The fourth-order valence-corrected chi connectivity index (χ4v) is 7.13. The molecule has 0 aliphatic heterocycles. The van der Waals surface area contributed by atoms with Crippen LogP contribution in [0.1, 0.15) is 245 Å². The van der Waals surface area contributed by atoms with E-state index in [1.807, 2.05) is 0 Å². The number of carbonyl (C=O) groups excluding carboxylic acids is 3. The van der Waals surface area contributed by atoms with Gasteiger partial charge < -0.3 is 14.2 Å². The molecule has 0 N–H and O–H groups in total. The summed E-state index contributed by atoms with van der Waals surface area (Å²) in [4.78, 5) is 38.0. The summed E-state index contributed by atoms with van der Waals surface area (Å²) < 4.78 is 16.8. The normalized spacial score (nSPS) is 12.7. The van der Waals surface area contributed by atoms with E-state index in [1.165, 1.54) is 83.5 Å². The Morgan fingerprint density at radius 3 is 1.02 bits per heavy atom. The third-order valence-corrected chi connectivity index (χ3v) is 11.2. The van der Waals surface area contributed by atoms with Crippen molar-refractivity contribution in [3.8, 4) is 0 Å². The van der Waals surface area contributed by atoms with Crippen molar-refractivity contribution >= 4 is 17.9 Å². The van der Waals surface area contributed by atoms with Crippen molar-refractivity contribution in [3.05, 3.63) is 85.1 Å². The van der Waals surface area contributed by atoms with Gasteiger partial charge in [-0.2, -0.15) is 0 Å². The third-order valence-electron chi connectivity index (χ3n) is 11.2. The molecule has 366 valence electrons. The largest absolute Gasteiger partial charge is 0.462 e. The Morgan fingerprint density at radius 2 is 0.594 bits per heavy atom. The van der Waals surface area contributed by atoms with Crippen LogP contribution in [0.3, 0.4) is 0 Å². The van der Waals surface area contributed by atoms with Gasteiger partial charge in [-0.3, -0.25) is 14.4 Å². The molecule has 0 saturated heterocycles. The maximum atomic E-state index is 12.8. The summed E-state index contributed by atoms with van der Waals surface area (Å²) in [6, 6.07) is 0. The first-order valence-electron chi connectivity index (χ1n) is 26.7. The molecule has 1 atom stereocenters. The molecule has 0 saturated carbocycles. The summed E-state index contributed by atoms with van der Waals surface area (Å²) in [5, 5.41) is 0. The van der Waals surface area contributed by atoms with Crippen molar-refractivity contribution in [1.82, 2.24) is 0 Å². The van der Waals surface area contributed by atoms with E-state index < -0.39 is 6.10 Å². The van der Waals surface area contributed by atoms with Gasteiger partial charge in [0.2, 0.25) is 0 Å². The molecule has 0 aromatic heterocycles. The Labute approximate surface area is 395 Å². The van der Waals surface area contributed by atoms with Crippen LogP contribution in [-0.2, 0) is 28.6 Å². The highest BCUT2D eigenvalue weighted by molar-refractivity contribution is 5.71. The predicted octanol–water partition coefficient (Wildman–Crippen LogP) is 17.6. The minimum absolute atomic E-state index is 0.0975. The molecule has 0 aliphatic rings. The van der Waals surface area contributed by atoms with Crippen LogP contribution in [0.5, 0.6) is 0 Å². The average molecular weight is 891 g/mol. The van der Waals surface area contributed by atoms with E-state index in [-0.39, 0.29) is 31.1 Å². The molecule has 6 nitrogen and oxygen atoms in total. The smallest absolute Gasteiger partial charge is 0.306 e. The first-order valence-corrected chi connectivity index (χ1v) is 26.7. The van der Waals surface area contributed by atoms with E-state index in [2.05, 4.69) is 106 Å². The minimum atomic E-state index is -0.799. The van der Waals surface area contributed by atoms with Gasteiger partial charge in [0, 0.05) is 19.3 Å². The molecule has 0 spiro atoms. The van der Waals surface area contributed by atoms with Crippen LogP contribution >= 0.6 is 0 Å². The Hall–Kier alpha value is -3.41. The number of esters is 3. The van der Waals surface area contributed by atoms with Gasteiger partial charge in [0.15, 0.2) is 6.10 Å². The van der Waals surface area contributed by atoms with Crippen LogP contribution in [0.25, 0.3) is 0 Å². The molecule has 0 fully saturated rings. The van der Waals surface area contributed by atoms with Crippen molar-refractivity contribution in [1.29, 1.82) is 0 Å². The number of carbonyl (C=O) groups is 3. The molecular formula is C58H98O6. The third kappa shape index (κ3) is 49.6. The van der Waals surface area contributed by atoms with Gasteiger partial charge in [-0.1, -0.05) is 221 Å². The van der Waals surface area contributed by atoms with Crippen LogP contribution < -0.4 is 0 Å². The summed E-state index contributed by atoms with van der Waals surface area (Å²) in [5.41, 5.74) is 0. The minimum Gasteiger partial charge on any atom is -0.462 e. The van der Waals surface area contributed by atoms with Gasteiger partial charge >= 0.3 is 17.9 Å². The van der Waals surface area contributed by atoms with Gasteiger partial charge in [-0.05, 0) is 89.9 Å². The highest BCUT2D eigenvalue weighted by Gasteiger charge is 2.19. The molecule has 0 heterocycles. The molecule has 6 heteroatoms. The molecule has 0 aromatic rings. The van der Waals surface area contributed by atoms with E-state index in [0.717, 1.165) is 122 Å². The second-order valence-corrected chi connectivity index (χ2v) is 17.5. The fraction of sp³-hybridized carbons (Fsp3) is 0.707. The summed E-state index contributed by atoms with van der Waals surface area (Å²) >= 11 is 0. The first-order chi connectivity index (χ1) is 31.5. The van der Waals surface area contributed by atoms with Crippen LogP contribution in [0.15, 0.2) is 85.1 Å². The number of rotatable bonds is 47. The monoisotopic (exact) mass is 891 g/mol. The molecular weight excluding hydrogens is 793 g/mol. The van der Waals surface area contributed by atoms with Crippen molar-refractivity contribution in [2.24, 2.45) is 0 Å². The zero-order chi connectivity index (χ0) is 46.5. The SMILES string of the molecule is CCCC/C=C\CCCCCCC(=O)OCC(COC(=O)CCCCCCC\C=C/C=C\C=C/C=C\CCCCC)OC(=O)CCCCCCC/C=C\C=C/CCCCCCCCC. The maximum Gasteiger partial charge on any atom is 0.306 e. The number of ether oxygens (including phenoxy) is 3. The molecule has 0 bridgehead atoms. The summed E-state index contributed by atoms with van der Waals surface area (Å²) in [6.07, 6.45) is 67.1.